The van der Waals surface area contributed by atoms with E-state index in [0.717, 1.165) is 39.8 Å². The molecule has 0 unspecified atom stereocenters. The summed E-state index contributed by atoms with van der Waals surface area (Å²) < 4.78 is 9.82. The van der Waals surface area contributed by atoms with Gasteiger partial charge in [-0.1, -0.05) is 15.9 Å². The topological polar surface area (TPSA) is 13.1 Å². The smallest absolute Gasteiger partial charge is 0.137 e. The maximum Gasteiger partial charge on any atom is 0.137 e. The second-order valence-electron chi connectivity index (χ2n) is 3.60. The minimum Gasteiger partial charge on any atom is -0.456 e. The molecule has 0 amide bonds. The third-order valence-electron chi connectivity index (χ3n) is 2.56. The van der Waals surface area contributed by atoms with Crippen LogP contribution in [0.15, 0.2) is 46.6 Å². The number of halogens is 4. The Balaban J connectivity index is 2.59. The molecule has 0 bridgehead atoms. The summed E-state index contributed by atoms with van der Waals surface area (Å²) in [6, 6.07) is 7.97. The van der Waals surface area contributed by atoms with Gasteiger partial charge < -0.3 is 4.42 Å². The zero-order chi connectivity index (χ0) is 12.2. The maximum atomic E-state index is 5.82. The first-order valence-electron chi connectivity index (χ1n) is 4.73. The molecule has 5 heteroatoms. The van der Waals surface area contributed by atoms with Crippen LogP contribution in [0.3, 0.4) is 0 Å². The van der Waals surface area contributed by atoms with Gasteiger partial charge in [0.15, 0.2) is 0 Å². The first-order chi connectivity index (χ1) is 8.08. The molecule has 1 nitrogen and oxygen atoms in total. The van der Waals surface area contributed by atoms with E-state index < -0.39 is 0 Å². The molecule has 1 aromatic heterocycles. The van der Waals surface area contributed by atoms with E-state index in [-0.39, 0.29) is 0 Å². The Hall–Kier alpha value is 0.160. The molecule has 0 saturated heterocycles. The summed E-state index contributed by atoms with van der Waals surface area (Å²) in [4.78, 5) is 0. The molecule has 0 aliphatic rings. The lowest BCUT2D eigenvalue weighted by Crippen LogP contribution is -1.75. The SMILES string of the molecule is Brc1ccc2oc3cc(Br)c(Br)c(Br)c3c2c1. The van der Waals surface area contributed by atoms with Crippen LogP contribution >= 0.6 is 63.7 Å². The molecule has 1 heterocycles. The van der Waals surface area contributed by atoms with Crippen molar-refractivity contribution in [3.63, 3.8) is 0 Å². The molecule has 17 heavy (non-hydrogen) atoms. The molecular weight excluding hydrogens is 480 g/mol. The van der Waals surface area contributed by atoms with Crippen molar-refractivity contribution in [2.24, 2.45) is 0 Å². The highest BCUT2D eigenvalue weighted by Crippen LogP contribution is 2.42. The van der Waals surface area contributed by atoms with Crippen molar-refractivity contribution in [3.05, 3.63) is 42.2 Å². The molecule has 0 N–H and O–H groups in total. The van der Waals surface area contributed by atoms with Crippen LogP contribution < -0.4 is 0 Å². The quantitative estimate of drug-likeness (QED) is 0.327. The number of hydrogen-bond donors (Lipinski definition) is 0. The average Bonchev–Trinajstić information content (AvgIpc) is 2.63. The lowest BCUT2D eigenvalue weighted by Gasteiger charge is -2.00. The Labute approximate surface area is 131 Å². The van der Waals surface area contributed by atoms with Gasteiger partial charge in [-0.2, -0.15) is 0 Å². The van der Waals surface area contributed by atoms with Crippen LogP contribution in [-0.4, -0.2) is 0 Å². The fourth-order valence-corrected chi connectivity index (χ4v) is 3.78. The van der Waals surface area contributed by atoms with Crippen LogP contribution in [0.5, 0.6) is 0 Å². The van der Waals surface area contributed by atoms with Gasteiger partial charge >= 0.3 is 0 Å². The van der Waals surface area contributed by atoms with Crippen molar-refractivity contribution < 1.29 is 4.42 Å². The number of hydrogen-bond acceptors (Lipinski definition) is 1. The third-order valence-corrected chi connectivity index (χ3v) is 6.36. The highest BCUT2D eigenvalue weighted by molar-refractivity contribution is 9.14. The van der Waals surface area contributed by atoms with Crippen molar-refractivity contribution in [1.29, 1.82) is 0 Å². The molecule has 0 atom stereocenters. The molecule has 0 radical (unpaired) electrons. The molecule has 0 fully saturated rings. The number of rotatable bonds is 0. The molecule has 0 saturated carbocycles. The van der Waals surface area contributed by atoms with E-state index in [2.05, 4.69) is 69.8 Å². The Bertz CT molecular complexity index is 745. The second kappa shape index (κ2) is 4.37. The van der Waals surface area contributed by atoms with Crippen LogP contribution in [0.2, 0.25) is 0 Å². The van der Waals surface area contributed by atoms with Gasteiger partial charge in [0.05, 0.1) is 0 Å². The number of furan rings is 1. The molecular formula is C12H4Br4O. The van der Waals surface area contributed by atoms with Gasteiger partial charge in [0.2, 0.25) is 0 Å². The minimum atomic E-state index is 0.861. The lowest BCUT2D eigenvalue weighted by molar-refractivity contribution is 0.668. The number of fused-ring (bicyclic) bond motifs is 3. The van der Waals surface area contributed by atoms with Gasteiger partial charge in [0.1, 0.15) is 11.2 Å². The third kappa shape index (κ3) is 1.91. The fraction of sp³-hybridized carbons (Fsp3) is 0. The molecule has 3 aromatic rings. The van der Waals surface area contributed by atoms with Crippen LogP contribution in [0, 0.1) is 0 Å². The van der Waals surface area contributed by atoms with Gasteiger partial charge in [-0.3, -0.25) is 0 Å². The highest BCUT2D eigenvalue weighted by atomic mass is 79.9. The lowest BCUT2D eigenvalue weighted by atomic mass is 10.1. The van der Waals surface area contributed by atoms with Gasteiger partial charge in [-0.05, 0) is 72.1 Å². The zero-order valence-corrected chi connectivity index (χ0v) is 14.6. The van der Waals surface area contributed by atoms with E-state index in [1.165, 1.54) is 0 Å². The summed E-state index contributed by atoms with van der Waals surface area (Å²) in [6.45, 7) is 0. The average molecular weight is 484 g/mol. The highest BCUT2D eigenvalue weighted by Gasteiger charge is 2.15. The Kier molecular flexibility index (Phi) is 3.14. The van der Waals surface area contributed by atoms with Crippen LogP contribution in [0.1, 0.15) is 0 Å². The summed E-state index contributed by atoms with van der Waals surface area (Å²) in [5, 5.41) is 2.17. The van der Waals surface area contributed by atoms with E-state index in [9.17, 15) is 0 Å². The van der Waals surface area contributed by atoms with Crippen molar-refractivity contribution in [1.82, 2.24) is 0 Å². The zero-order valence-electron chi connectivity index (χ0n) is 8.23. The predicted octanol–water partition coefficient (Wildman–Crippen LogP) is 6.64. The Morgan fingerprint density at radius 1 is 0.824 bits per heavy atom. The summed E-state index contributed by atoms with van der Waals surface area (Å²) in [5.41, 5.74) is 1.74. The van der Waals surface area contributed by atoms with Crippen LogP contribution in [-0.2, 0) is 0 Å². The standard InChI is InChI=1S/C12H4Br4O/c13-5-1-2-8-6(3-5)10-9(17-8)4-7(14)11(15)12(10)16/h1-4H. The summed E-state index contributed by atoms with van der Waals surface area (Å²) in [5.74, 6) is 0. The largest absolute Gasteiger partial charge is 0.456 e. The van der Waals surface area contributed by atoms with Gasteiger partial charge in [0, 0.05) is 28.7 Å². The van der Waals surface area contributed by atoms with E-state index in [0.29, 0.717) is 0 Å². The maximum absolute atomic E-state index is 5.82. The van der Waals surface area contributed by atoms with E-state index >= 15 is 0 Å². The first-order valence-corrected chi connectivity index (χ1v) is 7.90. The summed E-state index contributed by atoms with van der Waals surface area (Å²) in [7, 11) is 0. The summed E-state index contributed by atoms with van der Waals surface area (Å²) >= 11 is 14.1. The van der Waals surface area contributed by atoms with Crippen molar-refractivity contribution >= 4 is 85.7 Å². The van der Waals surface area contributed by atoms with Crippen molar-refractivity contribution in [3.8, 4) is 0 Å². The van der Waals surface area contributed by atoms with Crippen molar-refractivity contribution in [2.75, 3.05) is 0 Å². The Morgan fingerprint density at radius 3 is 2.35 bits per heavy atom. The molecule has 0 spiro atoms. The predicted molar refractivity (Wildman–Crippen MR) is 84.5 cm³/mol. The minimum absolute atomic E-state index is 0.861. The molecule has 2 aromatic carbocycles. The molecule has 0 aliphatic carbocycles. The van der Waals surface area contributed by atoms with Gasteiger partial charge in [-0.15, -0.1) is 0 Å². The molecule has 0 aliphatic heterocycles. The second-order valence-corrected chi connectivity index (χ2v) is 6.96. The van der Waals surface area contributed by atoms with E-state index in [1.807, 2.05) is 18.2 Å². The van der Waals surface area contributed by atoms with Crippen LogP contribution in [0.4, 0.5) is 0 Å². The Morgan fingerprint density at radius 2 is 1.59 bits per heavy atom. The van der Waals surface area contributed by atoms with Gasteiger partial charge in [0.25, 0.3) is 0 Å². The van der Waals surface area contributed by atoms with Gasteiger partial charge in [-0.25, -0.2) is 0 Å². The molecule has 3 rings (SSSR count). The first kappa shape index (κ1) is 12.2. The van der Waals surface area contributed by atoms with Crippen LogP contribution in [0.25, 0.3) is 21.9 Å². The normalized spacial score (nSPS) is 11.5. The van der Waals surface area contributed by atoms with E-state index in [4.69, 9.17) is 4.42 Å². The molecule has 86 valence electrons. The van der Waals surface area contributed by atoms with Crippen molar-refractivity contribution in [2.45, 2.75) is 0 Å². The summed E-state index contributed by atoms with van der Waals surface area (Å²) in [6.07, 6.45) is 0. The fourth-order valence-electron chi connectivity index (χ4n) is 1.81. The number of benzene rings is 2. The monoisotopic (exact) mass is 480 g/mol. The van der Waals surface area contributed by atoms with E-state index in [1.54, 1.807) is 0 Å².